The molecule has 2 aromatic carbocycles. The quantitative estimate of drug-likeness (QED) is 0.732. The molecule has 1 amide bonds. The lowest BCUT2D eigenvalue weighted by molar-refractivity contribution is 0.0942. The molecule has 2 N–H and O–H groups in total. The molecule has 3 rings (SSSR count). The summed E-state index contributed by atoms with van der Waals surface area (Å²) in [5, 5.41) is 13.8. The maximum Gasteiger partial charge on any atom is 0.251 e. The molecule has 1 atom stereocenters. The van der Waals surface area contributed by atoms with E-state index < -0.39 is 0 Å². The number of nitrogens with zero attached hydrogens (tertiary/aromatic N) is 3. The number of benzene rings is 2. The number of para-hydroxylation sites is 1. The predicted molar refractivity (Wildman–Crippen MR) is 93.2 cm³/mol. The Balaban J connectivity index is 1.54. The molecule has 0 aliphatic heterocycles. The number of carbonyl (C=O) groups is 1. The minimum atomic E-state index is -0.0901. The van der Waals surface area contributed by atoms with E-state index in [9.17, 15) is 4.79 Å². The Hall–Kier alpha value is -3.15. The van der Waals surface area contributed by atoms with E-state index in [0.717, 1.165) is 11.4 Å². The average molecular weight is 321 g/mol. The molecule has 0 aliphatic rings. The molecule has 3 aromatic rings. The number of nitrogens with one attached hydrogen (secondary N) is 2. The van der Waals surface area contributed by atoms with Crippen LogP contribution in [0.1, 0.15) is 17.3 Å². The van der Waals surface area contributed by atoms with Crippen LogP contribution in [-0.2, 0) is 0 Å². The van der Waals surface area contributed by atoms with Crippen molar-refractivity contribution in [2.45, 2.75) is 13.0 Å². The van der Waals surface area contributed by atoms with Crippen molar-refractivity contribution < 1.29 is 4.79 Å². The van der Waals surface area contributed by atoms with Crippen LogP contribution in [0.4, 0.5) is 5.69 Å². The Bertz CT molecular complexity index is 769. The van der Waals surface area contributed by atoms with Gasteiger partial charge in [-0.3, -0.25) is 9.36 Å². The Morgan fingerprint density at radius 1 is 1.04 bits per heavy atom. The van der Waals surface area contributed by atoms with Gasteiger partial charge in [-0.15, -0.1) is 10.2 Å². The summed E-state index contributed by atoms with van der Waals surface area (Å²) >= 11 is 0. The molecule has 1 heterocycles. The topological polar surface area (TPSA) is 71.8 Å². The number of aromatic nitrogens is 3. The van der Waals surface area contributed by atoms with Gasteiger partial charge in [0.25, 0.3) is 5.91 Å². The Labute approximate surface area is 140 Å². The minimum absolute atomic E-state index is 0.00947. The molecule has 0 aliphatic carbocycles. The van der Waals surface area contributed by atoms with Gasteiger partial charge in [-0.05, 0) is 43.3 Å². The van der Waals surface area contributed by atoms with Crippen molar-refractivity contribution in [3.63, 3.8) is 0 Å². The normalized spacial score (nSPS) is 11.7. The maximum absolute atomic E-state index is 12.3. The van der Waals surface area contributed by atoms with E-state index in [1.54, 1.807) is 29.4 Å². The fourth-order valence-corrected chi connectivity index (χ4v) is 2.30. The molecule has 6 heteroatoms. The van der Waals surface area contributed by atoms with E-state index in [1.165, 1.54) is 0 Å². The minimum Gasteiger partial charge on any atom is -0.383 e. The molecule has 0 saturated carbocycles. The fraction of sp³-hybridized carbons (Fsp3) is 0.167. The monoisotopic (exact) mass is 321 g/mol. The molecule has 0 saturated heterocycles. The van der Waals surface area contributed by atoms with Gasteiger partial charge in [0.15, 0.2) is 0 Å². The smallest absolute Gasteiger partial charge is 0.251 e. The summed E-state index contributed by atoms with van der Waals surface area (Å²) in [5.41, 5.74) is 2.57. The van der Waals surface area contributed by atoms with E-state index in [4.69, 9.17) is 0 Å². The molecule has 0 radical (unpaired) electrons. The first kappa shape index (κ1) is 15.7. The van der Waals surface area contributed by atoms with Crippen LogP contribution in [0.3, 0.4) is 0 Å². The van der Waals surface area contributed by atoms with Crippen LogP contribution >= 0.6 is 0 Å². The molecule has 0 fully saturated rings. The SMILES string of the molecule is C[C@@H](CNc1ccccc1)NC(=O)c1ccc(-n2cnnc2)cc1. The number of anilines is 1. The third kappa shape index (κ3) is 3.98. The molecular weight excluding hydrogens is 302 g/mol. The summed E-state index contributed by atoms with van der Waals surface area (Å²) in [4.78, 5) is 12.3. The standard InChI is InChI=1S/C18H19N5O/c1-14(11-19-16-5-3-2-4-6-16)22-18(24)15-7-9-17(10-8-15)23-12-20-21-13-23/h2-10,12-14,19H,11H2,1H3,(H,22,24)/t14-/m0/s1. The number of hydrogen-bond acceptors (Lipinski definition) is 4. The lowest BCUT2D eigenvalue weighted by Gasteiger charge is -2.15. The van der Waals surface area contributed by atoms with Crippen molar-refractivity contribution in [1.82, 2.24) is 20.1 Å². The molecule has 0 unspecified atom stereocenters. The zero-order valence-electron chi connectivity index (χ0n) is 13.4. The van der Waals surface area contributed by atoms with E-state index in [-0.39, 0.29) is 11.9 Å². The Morgan fingerprint density at radius 3 is 2.38 bits per heavy atom. The summed E-state index contributed by atoms with van der Waals surface area (Å²) in [6, 6.07) is 17.2. The first-order chi connectivity index (χ1) is 11.7. The zero-order valence-corrected chi connectivity index (χ0v) is 13.4. The Kier molecular flexibility index (Phi) is 4.86. The van der Waals surface area contributed by atoms with Crippen LogP contribution in [0, 0.1) is 0 Å². The second kappa shape index (κ2) is 7.41. The molecule has 6 nitrogen and oxygen atoms in total. The summed E-state index contributed by atoms with van der Waals surface area (Å²) < 4.78 is 1.79. The highest BCUT2D eigenvalue weighted by atomic mass is 16.1. The van der Waals surface area contributed by atoms with E-state index in [2.05, 4.69) is 20.8 Å². The lowest BCUT2D eigenvalue weighted by Crippen LogP contribution is -2.37. The summed E-state index contributed by atoms with van der Waals surface area (Å²) in [5.74, 6) is -0.0901. The van der Waals surface area contributed by atoms with Gasteiger partial charge in [-0.25, -0.2) is 0 Å². The van der Waals surface area contributed by atoms with Crippen molar-refractivity contribution in [1.29, 1.82) is 0 Å². The first-order valence-electron chi connectivity index (χ1n) is 7.77. The highest BCUT2D eigenvalue weighted by Crippen LogP contribution is 2.09. The van der Waals surface area contributed by atoms with Gasteiger partial charge in [-0.2, -0.15) is 0 Å². The van der Waals surface area contributed by atoms with Crippen molar-refractivity contribution in [3.05, 3.63) is 72.8 Å². The molecular formula is C18H19N5O. The van der Waals surface area contributed by atoms with Crippen molar-refractivity contribution in [3.8, 4) is 5.69 Å². The molecule has 24 heavy (non-hydrogen) atoms. The molecule has 0 bridgehead atoms. The fourth-order valence-electron chi connectivity index (χ4n) is 2.30. The van der Waals surface area contributed by atoms with Gasteiger partial charge in [0.05, 0.1) is 0 Å². The van der Waals surface area contributed by atoms with Crippen LogP contribution in [0.15, 0.2) is 67.3 Å². The number of hydrogen-bond donors (Lipinski definition) is 2. The van der Waals surface area contributed by atoms with Crippen LogP contribution in [0.25, 0.3) is 5.69 Å². The number of amides is 1. The van der Waals surface area contributed by atoms with Crippen LogP contribution in [0.2, 0.25) is 0 Å². The Morgan fingerprint density at radius 2 is 1.71 bits per heavy atom. The largest absolute Gasteiger partial charge is 0.383 e. The second-order valence-electron chi connectivity index (χ2n) is 5.54. The summed E-state index contributed by atoms with van der Waals surface area (Å²) in [6.45, 7) is 2.63. The van der Waals surface area contributed by atoms with Crippen LogP contribution in [0.5, 0.6) is 0 Å². The second-order valence-corrected chi connectivity index (χ2v) is 5.54. The van der Waals surface area contributed by atoms with Crippen molar-refractivity contribution in [2.75, 3.05) is 11.9 Å². The highest BCUT2D eigenvalue weighted by molar-refractivity contribution is 5.94. The molecule has 1 aromatic heterocycles. The lowest BCUT2D eigenvalue weighted by atomic mass is 10.2. The molecule has 122 valence electrons. The summed E-state index contributed by atoms with van der Waals surface area (Å²) in [7, 11) is 0. The van der Waals surface area contributed by atoms with Crippen LogP contribution < -0.4 is 10.6 Å². The zero-order chi connectivity index (χ0) is 16.8. The van der Waals surface area contributed by atoms with Gasteiger partial charge in [0, 0.05) is 29.5 Å². The third-order valence-corrected chi connectivity index (χ3v) is 3.61. The van der Waals surface area contributed by atoms with Gasteiger partial charge < -0.3 is 10.6 Å². The van der Waals surface area contributed by atoms with Gasteiger partial charge in [0.2, 0.25) is 0 Å². The van der Waals surface area contributed by atoms with Gasteiger partial charge in [0.1, 0.15) is 12.7 Å². The molecule has 0 spiro atoms. The van der Waals surface area contributed by atoms with Gasteiger partial charge >= 0.3 is 0 Å². The third-order valence-electron chi connectivity index (χ3n) is 3.61. The summed E-state index contributed by atoms with van der Waals surface area (Å²) in [6.07, 6.45) is 3.23. The van der Waals surface area contributed by atoms with Crippen molar-refractivity contribution in [2.24, 2.45) is 0 Å². The maximum atomic E-state index is 12.3. The van der Waals surface area contributed by atoms with E-state index in [1.807, 2.05) is 49.4 Å². The average Bonchev–Trinajstić information content (AvgIpc) is 3.16. The van der Waals surface area contributed by atoms with E-state index in [0.29, 0.717) is 12.1 Å². The predicted octanol–water partition coefficient (Wildman–Crippen LogP) is 2.50. The van der Waals surface area contributed by atoms with E-state index >= 15 is 0 Å². The highest BCUT2D eigenvalue weighted by Gasteiger charge is 2.10. The van der Waals surface area contributed by atoms with Gasteiger partial charge in [-0.1, -0.05) is 18.2 Å². The van der Waals surface area contributed by atoms with Crippen LogP contribution in [-0.4, -0.2) is 33.3 Å². The number of rotatable bonds is 6. The first-order valence-corrected chi connectivity index (χ1v) is 7.77. The number of carbonyl (C=O) groups excluding carboxylic acids is 1. The van der Waals surface area contributed by atoms with Crippen molar-refractivity contribution >= 4 is 11.6 Å².